The van der Waals surface area contributed by atoms with Crippen LogP contribution in [0.1, 0.15) is 10.4 Å². The lowest BCUT2D eigenvalue weighted by Crippen LogP contribution is -2.43. The van der Waals surface area contributed by atoms with Crippen molar-refractivity contribution < 1.29 is 9.59 Å². The summed E-state index contributed by atoms with van der Waals surface area (Å²) in [6, 6.07) is 13.4. The maximum absolute atomic E-state index is 12.1. The van der Waals surface area contributed by atoms with E-state index in [1.807, 2.05) is 0 Å². The molecule has 128 valence electrons. The average Bonchev–Trinajstić information content (AvgIpc) is 2.60. The van der Waals surface area contributed by atoms with Gasteiger partial charge in [0.05, 0.1) is 0 Å². The van der Waals surface area contributed by atoms with E-state index in [1.165, 1.54) is 6.08 Å². The molecular formula is C17H15ClN4O2S. The van der Waals surface area contributed by atoms with Crippen LogP contribution in [-0.2, 0) is 4.79 Å². The highest BCUT2D eigenvalue weighted by molar-refractivity contribution is 7.80. The van der Waals surface area contributed by atoms with Gasteiger partial charge in [0, 0.05) is 22.0 Å². The fourth-order valence-corrected chi connectivity index (χ4v) is 2.17. The first-order valence-electron chi connectivity index (χ1n) is 7.14. The number of halogens is 1. The molecule has 0 radical (unpaired) electrons. The lowest BCUT2D eigenvalue weighted by Gasteiger charge is -2.12. The Morgan fingerprint density at radius 3 is 2.36 bits per heavy atom. The molecule has 8 heteroatoms. The molecule has 0 fully saturated rings. The van der Waals surface area contributed by atoms with Crippen LogP contribution in [0.5, 0.6) is 0 Å². The van der Waals surface area contributed by atoms with Crippen molar-refractivity contribution in [2.45, 2.75) is 0 Å². The molecule has 0 atom stereocenters. The zero-order chi connectivity index (χ0) is 18.2. The van der Waals surface area contributed by atoms with E-state index in [-0.39, 0.29) is 16.9 Å². The van der Waals surface area contributed by atoms with Gasteiger partial charge in [-0.2, -0.15) is 0 Å². The van der Waals surface area contributed by atoms with Gasteiger partial charge >= 0.3 is 0 Å². The van der Waals surface area contributed by atoms with Crippen LogP contribution < -0.4 is 21.5 Å². The Labute approximate surface area is 155 Å². The number of benzene rings is 2. The number of hydrazine groups is 1. The van der Waals surface area contributed by atoms with Crippen LogP contribution in [0.15, 0.2) is 61.2 Å². The normalized spacial score (nSPS) is 9.64. The number of anilines is 2. The molecule has 0 aliphatic heterocycles. The first-order chi connectivity index (χ1) is 12.0. The molecule has 0 unspecified atom stereocenters. The van der Waals surface area contributed by atoms with Crippen LogP contribution >= 0.6 is 23.8 Å². The Morgan fingerprint density at radius 2 is 1.72 bits per heavy atom. The van der Waals surface area contributed by atoms with Crippen LogP contribution in [0.4, 0.5) is 11.4 Å². The third kappa shape index (κ3) is 5.91. The van der Waals surface area contributed by atoms with Crippen LogP contribution in [0.2, 0.25) is 5.02 Å². The van der Waals surface area contributed by atoms with Crippen molar-refractivity contribution in [2.24, 2.45) is 0 Å². The Morgan fingerprint density at radius 1 is 1.00 bits per heavy atom. The summed E-state index contributed by atoms with van der Waals surface area (Å²) in [5.41, 5.74) is 6.73. The standard InChI is InChI=1S/C17H15ClN4O2S/c1-2-15(23)19-13-8-6-11(7-9-13)16(24)21-22-17(25)20-14-5-3-4-12(18)10-14/h2-10H,1H2,(H,19,23)(H,21,24)(H2,20,22,25). The van der Waals surface area contributed by atoms with Gasteiger partial charge in [0.15, 0.2) is 5.11 Å². The predicted molar refractivity (Wildman–Crippen MR) is 104 cm³/mol. The highest BCUT2D eigenvalue weighted by Crippen LogP contribution is 2.14. The number of amides is 2. The summed E-state index contributed by atoms with van der Waals surface area (Å²) in [5.74, 6) is -0.701. The third-order valence-electron chi connectivity index (χ3n) is 2.97. The number of nitrogens with one attached hydrogen (secondary N) is 4. The molecule has 4 N–H and O–H groups in total. The van der Waals surface area contributed by atoms with Gasteiger partial charge < -0.3 is 10.6 Å². The smallest absolute Gasteiger partial charge is 0.269 e. The molecular weight excluding hydrogens is 360 g/mol. The van der Waals surface area contributed by atoms with Crippen molar-refractivity contribution >= 4 is 52.1 Å². The first kappa shape index (κ1) is 18.4. The van der Waals surface area contributed by atoms with Crippen molar-refractivity contribution in [1.29, 1.82) is 0 Å². The van der Waals surface area contributed by atoms with E-state index >= 15 is 0 Å². The third-order valence-corrected chi connectivity index (χ3v) is 3.41. The molecule has 0 aromatic heterocycles. The zero-order valence-corrected chi connectivity index (χ0v) is 14.6. The second-order valence-corrected chi connectivity index (χ2v) is 5.66. The number of carbonyl (C=O) groups is 2. The molecule has 2 amide bonds. The first-order valence-corrected chi connectivity index (χ1v) is 7.93. The highest BCUT2D eigenvalue weighted by atomic mass is 35.5. The van der Waals surface area contributed by atoms with E-state index < -0.39 is 0 Å². The van der Waals surface area contributed by atoms with Crippen molar-refractivity contribution in [3.8, 4) is 0 Å². The van der Waals surface area contributed by atoms with Crippen LogP contribution in [0.25, 0.3) is 0 Å². The van der Waals surface area contributed by atoms with Gasteiger partial charge in [-0.15, -0.1) is 0 Å². The molecule has 0 bridgehead atoms. The summed E-state index contributed by atoms with van der Waals surface area (Å²) >= 11 is 11.0. The minimum Gasteiger partial charge on any atom is -0.331 e. The van der Waals surface area contributed by atoms with Crippen molar-refractivity contribution in [3.05, 3.63) is 71.8 Å². The number of thiocarbonyl (C=S) groups is 1. The largest absolute Gasteiger partial charge is 0.331 e. The minimum absolute atomic E-state index is 0.213. The van der Waals surface area contributed by atoms with Gasteiger partial charge in [0.2, 0.25) is 5.91 Å². The molecule has 2 aromatic carbocycles. The molecule has 25 heavy (non-hydrogen) atoms. The lowest BCUT2D eigenvalue weighted by molar-refractivity contribution is -0.111. The average molecular weight is 375 g/mol. The number of hydrogen-bond acceptors (Lipinski definition) is 3. The van der Waals surface area contributed by atoms with Crippen molar-refractivity contribution in [3.63, 3.8) is 0 Å². The Kier molecular flexibility index (Phi) is 6.50. The summed E-state index contributed by atoms with van der Waals surface area (Å²) in [7, 11) is 0. The second kappa shape index (κ2) is 8.81. The monoisotopic (exact) mass is 374 g/mol. The topological polar surface area (TPSA) is 82.3 Å². The van der Waals surface area contributed by atoms with Crippen molar-refractivity contribution in [2.75, 3.05) is 10.6 Å². The molecule has 6 nitrogen and oxygen atoms in total. The fraction of sp³-hybridized carbons (Fsp3) is 0. The molecule has 0 aliphatic rings. The summed E-state index contributed by atoms with van der Waals surface area (Å²) in [4.78, 5) is 23.3. The van der Waals surface area contributed by atoms with E-state index in [4.69, 9.17) is 23.8 Å². The number of rotatable bonds is 4. The maximum Gasteiger partial charge on any atom is 0.269 e. The van der Waals surface area contributed by atoms with E-state index in [2.05, 4.69) is 28.1 Å². The van der Waals surface area contributed by atoms with Crippen molar-refractivity contribution in [1.82, 2.24) is 10.9 Å². The Balaban J connectivity index is 1.86. The summed E-state index contributed by atoms with van der Waals surface area (Å²) in [5, 5.41) is 6.27. The van der Waals surface area contributed by atoms with Crippen LogP contribution in [-0.4, -0.2) is 16.9 Å². The summed E-state index contributed by atoms with van der Waals surface area (Å²) in [6.07, 6.45) is 1.17. The molecule has 0 spiro atoms. The number of carbonyl (C=O) groups excluding carboxylic acids is 2. The minimum atomic E-state index is -0.378. The van der Waals surface area contributed by atoms with Gasteiger partial charge in [0.25, 0.3) is 5.91 Å². The SMILES string of the molecule is C=CC(=O)Nc1ccc(C(=O)NNC(=S)Nc2cccc(Cl)c2)cc1. The second-order valence-electron chi connectivity index (χ2n) is 4.81. The lowest BCUT2D eigenvalue weighted by atomic mass is 10.2. The number of hydrogen-bond donors (Lipinski definition) is 4. The van der Waals surface area contributed by atoms with Gasteiger partial charge in [-0.3, -0.25) is 20.4 Å². The van der Waals surface area contributed by atoms with Crippen LogP contribution in [0, 0.1) is 0 Å². The van der Waals surface area contributed by atoms with Gasteiger partial charge in [-0.25, -0.2) is 0 Å². The van der Waals surface area contributed by atoms with E-state index in [9.17, 15) is 9.59 Å². The van der Waals surface area contributed by atoms with E-state index in [1.54, 1.807) is 48.5 Å². The van der Waals surface area contributed by atoms with Gasteiger partial charge in [0.1, 0.15) is 0 Å². The quantitative estimate of drug-likeness (QED) is 0.375. The Bertz CT molecular complexity index is 809. The molecule has 0 aliphatic carbocycles. The molecule has 0 saturated heterocycles. The maximum atomic E-state index is 12.1. The van der Waals surface area contributed by atoms with Gasteiger partial charge in [-0.05, 0) is 60.8 Å². The Hall–Kier alpha value is -2.90. The summed E-state index contributed by atoms with van der Waals surface area (Å²) < 4.78 is 0. The molecule has 0 heterocycles. The molecule has 2 aromatic rings. The van der Waals surface area contributed by atoms with Crippen LogP contribution in [0.3, 0.4) is 0 Å². The highest BCUT2D eigenvalue weighted by Gasteiger charge is 2.06. The van der Waals surface area contributed by atoms with E-state index in [0.717, 1.165) is 0 Å². The molecule has 2 rings (SSSR count). The van der Waals surface area contributed by atoms with Gasteiger partial charge in [-0.1, -0.05) is 24.2 Å². The predicted octanol–water partition coefficient (Wildman–Crippen LogP) is 3.10. The molecule has 0 saturated carbocycles. The zero-order valence-electron chi connectivity index (χ0n) is 13.0. The summed E-state index contributed by atoms with van der Waals surface area (Å²) in [6.45, 7) is 3.37. The fourth-order valence-electron chi connectivity index (χ4n) is 1.81. The van der Waals surface area contributed by atoms with E-state index in [0.29, 0.717) is 22.0 Å².